The molecule has 3 rings (SSSR count). The van der Waals surface area contributed by atoms with Gasteiger partial charge >= 0.3 is 0 Å². The van der Waals surface area contributed by atoms with Crippen molar-refractivity contribution in [1.29, 1.82) is 0 Å². The molecule has 2 aromatic rings. The van der Waals surface area contributed by atoms with Gasteiger partial charge in [0.25, 0.3) is 0 Å². The molecule has 9 heteroatoms. The Kier molecular flexibility index (Phi) is 7.05. The van der Waals surface area contributed by atoms with Gasteiger partial charge < -0.3 is 10.4 Å². The summed E-state index contributed by atoms with van der Waals surface area (Å²) in [6.07, 6.45) is 0.992. The van der Waals surface area contributed by atoms with Gasteiger partial charge in [-0.1, -0.05) is 37.6 Å². The zero-order valence-corrected chi connectivity index (χ0v) is 19.0. The molecule has 1 aliphatic heterocycles. The molecule has 1 aliphatic rings. The molecule has 1 fully saturated rings. The van der Waals surface area contributed by atoms with E-state index in [2.05, 4.69) is 5.32 Å². The number of carbonyl (C=O) groups excluding carboxylic acids is 1. The number of nitrogens with one attached hydrogen (secondary N) is 1. The van der Waals surface area contributed by atoms with E-state index >= 15 is 0 Å². The predicted molar refractivity (Wildman–Crippen MR) is 116 cm³/mol. The minimum absolute atomic E-state index is 0.0286. The number of hydrogen-bond acceptors (Lipinski definition) is 4. The highest BCUT2D eigenvalue weighted by Gasteiger charge is 2.41. The first-order valence-electron chi connectivity index (χ1n) is 9.97. The fourth-order valence-corrected chi connectivity index (χ4v) is 5.37. The van der Waals surface area contributed by atoms with Crippen LogP contribution in [0.1, 0.15) is 37.8 Å². The maximum Gasteiger partial charge on any atom is 0.244 e. The van der Waals surface area contributed by atoms with Gasteiger partial charge in [0.1, 0.15) is 11.9 Å². The van der Waals surface area contributed by atoms with Crippen molar-refractivity contribution in [3.05, 3.63) is 64.4 Å². The van der Waals surface area contributed by atoms with Crippen LogP contribution >= 0.6 is 11.6 Å². The fraction of sp³-hybridized carbons (Fsp3) is 0.409. The number of rotatable bonds is 6. The van der Waals surface area contributed by atoms with E-state index in [1.165, 1.54) is 42.5 Å². The first-order valence-corrected chi connectivity index (χ1v) is 11.8. The molecule has 2 aromatic carbocycles. The molecule has 31 heavy (non-hydrogen) atoms. The number of carbonyl (C=O) groups is 1. The van der Waals surface area contributed by atoms with Crippen molar-refractivity contribution in [2.45, 2.75) is 50.8 Å². The Labute approximate surface area is 187 Å². The Hall–Kier alpha value is -2.00. The van der Waals surface area contributed by atoms with Crippen LogP contribution in [0.4, 0.5) is 4.39 Å². The normalized spacial score (nSPS) is 19.2. The monoisotopic (exact) mass is 468 g/mol. The Morgan fingerprint density at radius 2 is 1.90 bits per heavy atom. The average Bonchev–Trinajstić information content (AvgIpc) is 2.84. The number of nitrogens with zero attached hydrogens (tertiary/aromatic N) is 1. The van der Waals surface area contributed by atoms with E-state index in [0.717, 1.165) is 4.31 Å². The minimum atomic E-state index is -4.15. The number of halogens is 2. The molecular formula is C22H26ClFN2O4S. The Morgan fingerprint density at radius 1 is 1.23 bits per heavy atom. The number of amides is 1. The highest BCUT2D eigenvalue weighted by molar-refractivity contribution is 7.89. The maximum absolute atomic E-state index is 14.7. The molecule has 1 amide bonds. The van der Waals surface area contributed by atoms with E-state index in [1.807, 2.05) is 13.8 Å². The van der Waals surface area contributed by atoms with Crippen LogP contribution in [0.15, 0.2) is 47.4 Å². The maximum atomic E-state index is 14.7. The van der Waals surface area contributed by atoms with Crippen molar-refractivity contribution in [2.75, 3.05) is 6.54 Å². The van der Waals surface area contributed by atoms with E-state index in [9.17, 15) is 22.7 Å². The van der Waals surface area contributed by atoms with E-state index in [1.54, 1.807) is 0 Å². The lowest BCUT2D eigenvalue weighted by molar-refractivity contribution is -0.125. The first kappa shape index (κ1) is 23.7. The second-order valence-corrected chi connectivity index (χ2v) is 10.8. The van der Waals surface area contributed by atoms with Gasteiger partial charge in [-0.2, -0.15) is 4.31 Å². The van der Waals surface area contributed by atoms with Crippen molar-refractivity contribution in [2.24, 2.45) is 5.41 Å². The SMILES string of the molecule is CC1(C)CCNC(=O)C(N(Cc2ccc(CO)cc2F)S(=O)(=O)c2ccc(Cl)cc2)C1. The first-order chi connectivity index (χ1) is 14.5. The van der Waals surface area contributed by atoms with Crippen LogP contribution in [-0.2, 0) is 28.0 Å². The number of hydrogen-bond donors (Lipinski definition) is 2. The smallest absolute Gasteiger partial charge is 0.244 e. The summed E-state index contributed by atoms with van der Waals surface area (Å²) in [5.74, 6) is -1.05. The van der Waals surface area contributed by atoms with Crippen LogP contribution in [0, 0.1) is 11.2 Å². The Balaban J connectivity index is 2.09. The number of benzene rings is 2. The minimum Gasteiger partial charge on any atom is -0.392 e. The van der Waals surface area contributed by atoms with E-state index < -0.39 is 27.8 Å². The van der Waals surface area contributed by atoms with Crippen molar-refractivity contribution in [3.8, 4) is 0 Å². The summed E-state index contributed by atoms with van der Waals surface area (Å²) in [5.41, 5.74) is 0.197. The second kappa shape index (κ2) is 9.24. The predicted octanol–water partition coefficient (Wildman–Crippen LogP) is 3.47. The lowest BCUT2D eigenvalue weighted by Gasteiger charge is -2.33. The van der Waals surface area contributed by atoms with E-state index in [0.29, 0.717) is 30.0 Å². The summed E-state index contributed by atoms with van der Waals surface area (Å²) >= 11 is 5.91. The van der Waals surface area contributed by atoms with Crippen molar-refractivity contribution >= 4 is 27.5 Å². The van der Waals surface area contributed by atoms with Crippen molar-refractivity contribution in [1.82, 2.24) is 9.62 Å². The van der Waals surface area contributed by atoms with Crippen LogP contribution in [0.5, 0.6) is 0 Å². The van der Waals surface area contributed by atoms with Gasteiger partial charge in [0.2, 0.25) is 15.9 Å². The number of aliphatic hydroxyl groups is 1. The molecule has 0 radical (unpaired) electrons. The van der Waals surface area contributed by atoms with Gasteiger partial charge in [0.05, 0.1) is 11.5 Å². The standard InChI is InChI=1S/C22H26ClFN2O4S/c1-22(2)9-10-25-21(28)20(12-22)26(13-16-4-3-15(14-27)11-19(16)24)31(29,30)18-7-5-17(23)6-8-18/h3-8,11,20,27H,9-10,12-14H2,1-2H3,(H,25,28). The highest BCUT2D eigenvalue weighted by Crippen LogP contribution is 2.34. The molecule has 2 N–H and O–H groups in total. The third-order valence-electron chi connectivity index (χ3n) is 5.54. The summed E-state index contributed by atoms with van der Waals surface area (Å²) in [6, 6.07) is 8.79. The summed E-state index contributed by atoms with van der Waals surface area (Å²) in [5, 5.41) is 12.4. The Bertz CT molecular complexity index is 1060. The van der Waals surface area contributed by atoms with Gasteiger partial charge in [-0.3, -0.25) is 4.79 Å². The molecule has 1 atom stereocenters. The number of sulfonamides is 1. The molecule has 1 heterocycles. The lowest BCUT2D eigenvalue weighted by Crippen LogP contribution is -2.49. The van der Waals surface area contributed by atoms with Gasteiger partial charge in [-0.15, -0.1) is 0 Å². The molecule has 1 saturated heterocycles. The number of aliphatic hydroxyl groups excluding tert-OH is 1. The molecular weight excluding hydrogens is 443 g/mol. The third kappa shape index (κ3) is 5.44. The quantitative estimate of drug-likeness (QED) is 0.679. The third-order valence-corrected chi connectivity index (χ3v) is 7.66. The van der Waals surface area contributed by atoms with Gasteiger partial charge in [0.15, 0.2) is 0 Å². The van der Waals surface area contributed by atoms with Crippen molar-refractivity contribution < 1.29 is 22.7 Å². The summed E-state index contributed by atoms with van der Waals surface area (Å²) in [6.45, 7) is 3.74. The van der Waals surface area contributed by atoms with Crippen molar-refractivity contribution in [3.63, 3.8) is 0 Å². The van der Waals surface area contributed by atoms with Gasteiger partial charge in [-0.25, -0.2) is 12.8 Å². The topological polar surface area (TPSA) is 86.7 Å². The van der Waals surface area contributed by atoms with Crippen LogP contribution in [0.25, 0.3) is 0 Å². The summed E-state index contributed by atoms with van der Waals surface area (Å²) in [4.78, 5) is 12.9. The molecule has 0 spiro atoms. The highest BCUT2D eigenvalue weighted by atomic mass is 35.5. The molecule has 168 valence electrons. The molecule has 0 aromatic heterocycles. The molecule has 0 aliphatic carbocycles. The molecule has 6 nitrogen and oxygen atoms in total. The zero-order valence-electron chi connectivity index (χ0n) is 17.4. The summed E-state index contributed by atoms with van der Waals surface area (Å²) in [7, 11) is -4.15. The average molecular weight is 469 g/mol. The Morgan fingerprint density at radius 3 is 2.52 bits per heavy atom. The van der Waals surface area contributed by atoms with Crippen LogP contribution in [-0.4, -0.2) is 36.3 Å². The van der Waals surface area contributed by atoms with Crippen LogP contribution in [0.3, 0.4) is 0 Å². The molecule has 1 unspecified atom stereocenters. The van der Waals surface area contributed by atoms with Gasteiger partial charge in [0, 0.05) is 23.7 Å². The lowest BCUT2D eigenvalue weighted by atomic mass is 9.83. The molecule has 0 saturated carbocycles. The summed E-state index contributed by atoms with van der Waals surface area (Å²) < 4.78 is 42.9. The zero-order chi connectivity index (χ0) is 22.8. The second-order valence-electron chi connectivity index (χ2n) is 8.51. The molecule has 0 bridgehead atoms. The van der Waals surface area contributed by atoms with E-state index in [-0.39, 0.29) is 29.0 Å². The largest absolute Gasteiger partial charge is 0.392 e. The van der Waals surface area contributed by atoms with Crippen LogP contribution in [0.2, 0.25) is 5.02 Å². The van der Waals surface area contributed by atoms with Gasteiger partial charge in [-0.05, 0) is 54.2 Å². The fourth-order valence-electron chi connectivity index (χ4n) is 3.68. The van der Waals surface area contributed by atoms with E-state index in [4.69, 9.17) is 11.6 Å². The van der Waals surface area contributed by atoms with Crippen LogP contribution < -0.4 is 5.32 Å².